The summed E-state index contributed by atoms with van der Waals surface area (Å²) < 4.78 is 17.6. The number of hydrogen-bond acceptors (Lipinski definition) is 4. The lowest BCUT2D eigenvalue weighted by Crippen LogP contribution is -2.70. The molecule has 0 bridgehead atoms. The normalized spacial score (nSPS) is 33.8. The van der Waals surface area contributed by atoms with Gasteiger partial charge in [-0.25, -0.2) is 0 Å². The lowest BCUT2D eigenvalue weighted by atomic mass is 9.97. The van der Waals surface area contributed by atoms with E-state index in [1.165, 1.54) is 0 Å². The third-order valence-corrected chi connectivity index (χ3v) is 9.01. The summed E-state index contributed by atoms with van der Waals surface area (Å²) in [7, 11) is -1.97. The van der Waals surface area contributed by atoms with Crippen LogP contribution in [0.2, 0.25) is 18.1 Å². The quantitative estimate of drug-likeness (QED) is 0.640. The Morgan fingerprint density at radius 1 is 1.35 bits per heavy atom. The second-order valence-electron chi connectivity index (χ2n) is 7.70. The van der Waals surface area contributed by atoms with Crippen molar-refractivity contribution in [2.75, 3.05) is 6.61 Å². The van der Waals surface area contributed by atoms with Gasteiger partial charge in [-0.3, -0.25) is 4.79 Å². The number of carbonyl (C=O) groups is 1. The average Bonchev–Trinajstić information content (AvgIpc) is 2.61. The minimum absolute atomic E-state index is 0.0341. The van der Waals surface area contributed by atoms with Gasteiger partial charge in [-0.1, -0.05) is 20.8 Å². The number of amides is 1. The minimum Gasteiger partial charge on any atom is -0.403 e. The van der Waals surface area contributed by atoms with E-state index in [0.29, 0.717) is 6.61 Å². The van der Waals surface area contributed by atoms with Crippen molar-refractivity contribution in [2.45, 2.75) is 76.8 Å². The highest BCUT2D eigenvalue weighted by atomic mass is 28.4. The predicted molar refractivity (Wildman–Crippen MR) is 78.9 cm³/mol. The van der Waals surface area contributed by atoms with Crippen molar-refractivity contribution >= 4 is 14.2 Å². The highest BCUT2D eigenvalue weighted by molar-refractivity contribution is 6.74. The molecule has 2 aliphatic heterocycles. The smallest absolute Gasteiger partial charge is 0.250 e. The van der Waals surface area contributed by atoms with E-state index in [-0.39, 0.29) is 23.1 Å². The summed E-state index contributed by atoms with van der Waals surface area (Å²) >= 11 is 0. The van der Waals surface area contributed by atoms with E-state index in [0.717, 1.165) is 0 Å². The molecule has 1 amide bonds. The molecule has 0 aromatic carbocycles. The predicted octanol–water partition coefficient (Wildman–Crippen LogP) is 2.03. The van der Waals surface area contributed by atoms with E-state index >= 15 is 0 Å². The van der Waals surface area contributed by atoms with Gasteiger partial charge >= 0.3 is 0 Å². The molecule has 0 spiro atoms. The first-order valence-corrected chi connectivity index (χ1v) is 10.1. The van der Waals surface area contributed by atoms with Crippen LogP contribution in [0, 0.1) is 0 Å². The molecule has 0 unspecified atom stereocenters. The van der Waals surface area contributed by atoms with Gasteiger partial charge in [0.25, 0.3) is 5.91 Å². The fourth-order valence-corrected chi connectivity index (χ4v) is 3.43. The van der Waals surface area contributed by atoms with Gasteiger partial charge < -0.3 is 19.2 Å². The third-order valence-electron chi connectivity index (χ3n) is 4.55. The Hall–Kier alpha value is -0.433. The van der Waals surface area contributed by atoms with Gasteiger partial charge in [0.15, 0.2) is 14.1 Å². The van der Waals surface area contributed by atoms with Crippen LogP contribution in [-0.4, -0.2) is 44.9 Å². The van der Waals surface area contributed by atoms with Crippen molar-refractivity contribution in [3.8, 4) is 0 Å². The molecule has 2 aliphatic rings. The molecule has 0 aliphatic carbocycles. The minimum atomic E-state index is -1.97. The zero-order valence-electron chi connectivity index (χ0n) is 13.6. The molecule has 0 aromatic heterocycles. The molecule has 20 heavy (non-hydrogen) atoms. The lowest BCUT2D eigenvalue weighted by molar-refractivity contribution is -0.162. The third kappa shape index (κ3) is 2.93. The molecule has 3 atom stereocenters. The van der Waals surface area contributed by atoms with E-state index in [4.69, 9.17) is 13.9 Å². The SMILES string of the molecule is CC1(C)OC[C@H]([C@@H]2NC(=O)[C@@H]2O[Si](C)(C)C(C)(C)C)O1. The fraction of sp³-hybridized carbons (Fsp3) is 0.929. The standard InChI is InChI=1S/C14H27NO4Si/c1-13(2,3)20(6,7)19-11-10(15-12(11)16)9-8-17-14(4,5)18-9/h9-11H,8H2,1-7H3,(H,15,16)/t9-,10+,11-/m1/s1. The topological polar surface area (TPSA) is 56.8 Å². The van der Waals surface area contributed by atoms with Gasteiger partial charge in [0.2, 0.25) is 0 Å². The van der Waals surface area contributed by atoms with Crippen molar-refractivity contribution in [2.24, 2.45) is 0 Å². The van der Waals surface area contributed by atoms with Gasteiger partial charge in [-0.2, -0.15) is 0 Å². The van der Waals surface area contributed by atoms with Crippen molar-refractivity contribution in [1.82, 2.24) is 5.32 Å². The second kappa shape index (κ2) is 4.80. The van der Waals surface area contributed by atoms with Crippen molar-refractivity contribution in [3.63, 3.8) is 0 Å². The van der Waals surface area contributed by atoms with Crippen molar-refractivity contribution in [1.29, 1.82) is 0 Å². The summed E-state index contributed by atoms with van der Waals surface area (Å²) in [5.74, 6) is -0.611. The van der Waals surface area contributed by atoms with E-state index < -0.39 is 20.2 Å². The molecular formula is C14H27NO4Si. The molecule has 116 valence electrons. The van der Waals surface area contributed by atoms with Crippen LogP contribution in [0.5, 0.6) is 0 Å². The highest BCUT2D eigenvalue weighted by Crippen LogP contribution is 2.39. The van der Waals surface area contributed by atoms with E-state index in [9.17, 15) is 4.79 Å². The van der Waals surface area contributed by atoms with Crippen LogP contribution in [0.1, 0.15) is 34.6 Å². The van der Waals surface area contributed by atoms with Crippen LogP contribution in [-0.2, 0) is 18.7 Å². The summed E-state index contributed by atoms with van der Waals surface area (Å²) in [6.07, 6.45) is -0.532. The first-order valence-electron chi connectivity index (χ1n) is 7.23. The van der Waals surface area contributed by atoms with Crippen LogP contribution in [0.15, 0.2) is 0 Å². The number of rotatable bonds is 3. The summed E-state index contributed by atoms with van der Waals surface area (Å²) in [4.78, 5) is 11.9. The molecule has 2 heterocycles. The first-order chi connectivity index (χ1) is 8.93. The van der Waals surface area contributed by atoms with Crippen molar-refractivity contribution in [3.05, 3.63) is 0 Å². The lowest BCUT2D eigenvalue weighted by Gasteiger charge is -2.46. The molecular weight excluding hydrogens is 274 g/mol. The molecule has 0 saturated carbocycles. The van der Waals surface area contributed by atoms with Gasteiger partial charge in [0.1, 0.15) is 12.2 Å². The van der Waals surface area contributed by atoms with Gasteiger partial charge in [0, 0.05) is 0 Å². The Balaban J connectivity index is 2.03. The number of hydrogen-bond donors (Lipinski definition) is 1. The molecule has 5 nitrogen and oxygen atoms in total. The van der Waals surface area contributed by atoms with E-state index in [2.05, 4.69) is 39.2 Å². The van der Waals surface area contributed by atoms with Gasteiger partial charge in [-0.15, -0.1) is 0 Å². The monoisotopic (exact) mass is 301 g/mol. The van der Waals surface area contributed by atoms with Crippen LogP contribution < -0.4 is 5.32 Å². The maximum absolute atomic E-state index is 11.9. The van der Waals surface area contributed by atoms with Crippen LogP contribution in [0.25, 0.3) is 0 Å². The number of nitrogens with one attached hydrogen (secondary N) is 1. The maximum atomic E-state index is 11.9. The molecule has 2 rings (SSSR count). The largest absolute Gasteiger partial charge is 0.403 e. The summed E-state index contributed by atoms with van der Waals surface area (Å²) in [5, 5.41) is 2.98. The Morgan fingerprint density at radius 2 is 1.95 bits per heavy atom. The van der Waals surface area contributed by atoms with E-state index in [1.807, 2.05) is 13.8 Å². The Kier molecular flexibility index (Phi) is 3.82. The zero-order chi connectivity index (χ0) is 15.3. The molecule has 6 heteroatoms. The number of ether oxygens (including phenoxy) is 2. The summed E-state index contributed by atoms with van der Waals surface area (Å²) in [6, 6.07) is -0.0987. The second-order valence-corrected chi connectivity index (χ2v) is 12.5. The van der Waals surface area contributed by atoms with Crippen LogP contribution >= 0.6 is 0 Å². The molecule has 2 saturated heterocycles. The van der Waals surface area contributed by atoms with Crippen LogP contribution in [0.3, 0.4) is 0 Å². The Labute approximate surface area is 122 Å². The Bertz CT molecular complexity index is 402. The molecule has 2 fully saturated rings. The Morgan fingerprint density at radius 3 is 2.35 bits per heavy atom. The van der Waals surface area contributed by atoms with E-state index in [1.54, 1.807) is 0 Å². The van der Waals surface area contributed by atoms with Gasteiger partial charge in [0.05, 0.1) is 12.6 Å². The molecule has 0 aromatic rings. The number of carbonyl (C=O) groups excluding carboxylic acids is 1. The van der Waals surface area contributed by atoms with Gasteiger partial charge in [-0.05, 0) is 32.0 Å². The summed E-state index contributed by atoms with van der Waals surface area (Å²) in [6.45, 7) is 15.1. The molecule has 1 N–H and O–H groups in total. The average molecular weight is 301 g/mol. The number of β-lactam (4-membered cyclic amide) rings is 1. The summed E-state index contributed by atoms with van der Waals surface area (Å²) in [5.41, 5.74) is 0. The van der Waals surface area contributed by atoms with Crippen LogP contribution in [0.4, 0.5) is 0 Å². The zero-order valence-corrected chi connectivity index (χ0v) is 14.6. The van der Waals surface area contributed by atoms with Crippen molar-refractivity contribution < 1.29 is 18.7 Å². The highest BCUT2D eigenvalue weighted by Gasteiger charge is 2.53. The fourth-order valence-electron chi connectivity index (χ4n) is 2.19. The molecule has 0 radical (unpaired) electrons. The maximum Gasteiger partial charge on any atom is 0.250 e. The first kappa shape index (κ1) is 15.9.